The second kappa shape index (κ2) is 8.22. The van der Waals surface area contributed by atoms with Crippen LogP contribution in [-0.2, 0) is 19.1 Å². The van der Waals surface area contributed by atoms with Crippen molar-refractivity contribution in [3.63, 3.8) is 0 Å². The number of ether oxygens (including phenoxy) is 1. The van der Waals surface area contributed by atoms with Gasteiger partial charge in [0.25, 0.3) is 5.56 Å². The third kappa shape index (κ3) is 4.58. The summed E-state index contributed by atoms with van der Waals surface area (Å²) in [4.78, 5) is 19.9. The number of aromatic nitrogens is 3. The topological polar surface area (TPSA) is 57.0 Å². The Kier molecular flexibility index (Phi) is 5.46. The molecule has 0 bridgehead atoms. The first-order valence-corrected chi connectivity index (χ1v) is 9.56. The standard InChI is InChI=1S/C23H18F3N3O2/c1-15-4-6-16(7-5-15)10-12-29-14-28-21(30)18-13-17(8-9-20(18)29)31-22-19(23(24,25)26)3-2-11-27-22/h2-9,11,13-14H,10,12H2,1H3. The highest BCUT2D eigenvalue weighted by Crippen LogP contribution is 2.36. The fraction of sp³-hybridized carbons (Fsp3) is 0.174. The molecule has 0 saturated carbocycles. The van der Waals surface area contributed by atoms with Crippen LogP contribution in [0.2, 0.25) is 0 Å². The monoisotopic (exact) mass is 425 g/mol. The van der Waals surface area contributed by atoms with Gasteiger partial charge in [0.1, 0.15) is 11.3 Å². The van der Waals surface area contributed by atoms with Gasteiger partial charge in [-0.15, -0.1) is 0 Å². The molecular weight excluding hydrogens is 407 g/mol. The Morgan fingerprint density at radius 1 is 1.03 bits per heavy atom. The third-order valence-corrected chi connectivity index (χ3v) is 4.88. The van der Waals surface area contributed by atoms with Crippen LogP contribution < -0.4 is 10.3 Å². The third-order valence-electron chi connectivity index (χ3n) is 4.88. The highest BCUT2D eigenvalue weighted by Gasteiger charge is 2.35. The molecule has 0 aliphatic heterocycles. The molecule has 4 rings (SSSR count). The molecule has 31 heavy (non-hydrogen) atoms. The van der Waals surface area contributed by atoms with Gasteiger partial charge in [-0.3, -0.25) is 4.79 Å². The predicted octanol–water partition coefficient (Wildman–Crippen LogP) is 5.15. The van der Waals surface area contributed by atoms with Gasteiger partial charge in [0, 0.05) is 12.7 Å². The highest BCUT2D eigenvalue weighted by atomic mass is 19.4. The van der Waals surface area contributed by atoms with Gasteiger partial charge in [0.2, 0.25) is 5.88 Å². The quantitative estimate of drug-likeness (QED) is 0.444. The van der Waals surface area contributed by atoms with E-state index in [1.165, 1.54) is 36.3 Å². The molecule has 8 heteroatoms. The molecule has 4 aromatic rings. The van der Waals surface area contributed by atoms with Crippen LogP contribution >= 0.6 is 0 Å². The van der Waals surface area contributed by atoms with E-state index in [4.69, 9.17) is 4.74 Å². The molecule has 0 aliphatic carbocycles. The number of alkyl halides is 3. The van der Waals surface area contributed by atoms with Crippen molar-refractivity contribution in [1.29, 1.82) is 0 Å². The van der Waals surface area contributed by atoms with E-state index in [-0.39, 0.29) is 11.1 Å². The van der Waals surface area contributed by atoms with Crippen LogP contribution in [0.5, 0.6) is 11.6 Å². The van der Waals surface area contributed by atoms with Crippen molar-refractivity contribution in [3.8, 4) is 11.6 Å². The maximum absolute atomic E-state index is 13.2. The summed E-state index contributed by atoms with van der Waals surface area (Å²) in [5.41, 5.74) is 1.47. The first kappa shape index (κ1) is 20.6. The maximum atomic E-state index is 13.2. The molecule has 2 aromatic heterocycles. The Labute approximate surface area is 175 Å². The van der Waals surface area contributed by atoms with Gasteiger partial charge in [-0.05, 0) is 49.2 Å². The van der Waals surface area contributed by atoms with Gasteiger partial charge >= 0.3 is 6.18 Å². The van der Waals surface area contributed by atoms with Crippen LogP contribution in [0.4, 0.5) is 13.2 Å². The van der Waals surface area contributed by atoms with Crippen molar-refractivity contribution < 1.29 is 17.9 Å². The van der Waals surface area contributed by atoms with Crippen molar-refractivity contribution >= 4 is 10.9 Å². The van der Waals surface area contributed by atoms with E-state index in [0.29, 0.717) is 12.1 Å². The lowest BCUT2D eigenvalue weighted by atomic mass is 10.1. The Balaban J connectivity index is 1.63. The first-order valence-electron chi connectivity index (χ1n) is 9.56. The zero-order chi connectivity index (χ0) is 22.0. The van der Waals surface area contributed by atoms with Gasteiger partial charge < -0.3 is 9.30 Å². The summed E-state index contributed by atoms with van der Waals surface area (Å²) in [7, 11) is 0. The lowest BCUT2D eigenvalue weighted by Gasteiger charge is -2.14. The van der Waals surface area contributed by atoms with Crippen LogP contribution in [0.25, 0.3) is 10.9 Å². The molecule has 0 aliphatic rings. The normalized spacial score (nSPS) is 11.6. The van der Waals surface area contributed by atoms with Gasteiger partial charge in [-0.25, -0.2) is 4.98 Å². The highest BCUT2D eigenvalue weighted by molar-refractivity contribution is 5.79. The number of hydrogen-bond acceptors (Lipinski definition) is 4. The minimum absolute atomic E-state index is 0.0758. The zero-order valence-corrected chi connectivity index (χ0v) is 16.6. The Hall–Kier alpha value is -3.68. The van der Waals surface area contributed by atoms with E-state index in [9.17, 15) is 18.0 Å². The molecule has 0 amide bonds. The molecule has 0 unspecified atom stereocenters. The number of halogens is 3. The predicted molar refractivity (Wildman–Crippen MR) is 110 cm³/mol. The molecule has 2 aromatic carbocycles. The molecule has 0 spiro atoms. The van der Waals surface area contributed by atoms with E-state index in [1.54, 1.807) is 6.07 Å². The Morgan fingerprint density at radius 3 is 2.55 bits per heavy atom. The number of aryl methyl sites for hydroxylation is 3. The summed E-state index contributed by atoms with van der Waals surface area (Å²) in [5, 5.41) is 0.258. The van der Waals surface area contributed by atoms with Gasteiger partial charge in [0.15, 0.2) is 0 Å². The molecule has 2 heterocycles. The largest absolute Gasteiger partial charge is 0.438 e. The van der Waals surface area contributed by atoms with Crippen LogP contribution in [0.3, 0.4) is 0 Å². The number of nitrogens with zero attached hydrogens (tertiary/aromatic N) is 3. The summed E-state index contributed by atoms with van der Waals surface area (Å²) in [5.74, 6) is -0.496. The smallest absolute Gasteiger partial charge is 0.421 e. The van der Waals surface area contributed by atoms with Crippen LogP contribution in [0.15, 0.2) is 71.9 Å². The van der Waals surface area contributed by atoms with Crippen LogP contribution in [0.1, 0.15) is 16.7 Å². The van der Waals surface area contributed by atoms with Crippen LogP contribution in [-0.4, -0.2) is 14.5 Å². The summed E-state index contributed by atoms with van der Waals surface area (Å²) in [6.45, 7) is 2.61. The molecule has 0 N–H and O–H groups in total. The van der Waals surface area contributed by atoms with E-state index in [0.717, 1.165) is 18.1 Å². The average molecular weight is 425 g/mol. The zero-order valence-electron chi connectivity index (χ0n) is 16.6. The summed E-state index contributed by atoms with van der Waals surface area (Å²) >= 11 is 0. The number of hydrogen-bond donors (Lipinski definition) is 0. The molecule has 5 nitrogen and oxygen atoms in total. The Bertz CT molecular complexity index is 1280. The Morgan fingerprint density at radius 2 is 1.81 bits per heavy atom. The van der Waals surface area contributed by atoms with Gasteiger partial charge in [-0.1, -0.05) is 29.8 Å². The number of fused-ring (bicyclic) bond motifs is 1. The molecular formula is C23H18F3N3O2. The lowest BCUT2D eigenvalue weighted by molar-refractivity contribution is -0.138. The summed E-state index contributed by atoms with van der Waals surface area (Å²) in [6, 6.07) is 14.8. The molecule has 0 radical (unpaired) electrons. The van der Waals surface area contributed by atoms with Gasteiger partial charge in [0.05, 0.1) is 17.2 Å². The van der Waals surface area contributed by atoms with E-state index in [2.05, 4.69) is 9.97 Å². The minimum atomic E-state index is -4.61. The SMILES string of the molecule is Cc1ccc(CCn2cnc(=O)c3cc(Oc4ncccc4C(F)(F)F)ccc32)cc1. The van der Waals surface area contributed by atoms with Crippen molar-refractivity contribution in [2.75, 3.05) is 0 Å². The molecule has 0 saturated heterocycles. The van der Waals surface area contributed by atoms with Crippen molar-refractivity contribution in [1.82, 2.24) is 14.5 Å². The van der Waals surface area contributed by atoms with E-state index >= 15 is 0 Å². The van der Waals surface area contributed by atoms with Crippen LogP contribution in [0, 0.1) is 6.92 Å². The second-order valence-corrected chi connectivity index (χ2v) is 7.11. The van der Waals surface area contributed by atoms with E-state index < -0.39 is 23.2 Å². The maximum Gasteiger partial charge on any atom is 0.421 e. The molecule has 0 atom stereocenters. The fourth-order valence-electron chi connectivity index (χ4n) is 3.24. The number of pyridine rings is 1. The minimum Gasteiger partial charge on any atom is -0.438 e. The molecule has 0 fully saturated rings. The fourth-order valence-corrected chi connectivity index (χ4v) is 3.24. The number of rotatable bonds is 5. The van der Waals surface area contributed by atoms with Crippen molar-refractivity contribution in [2.24, 2.45) is 0 Å². The van der Waals surface area contributed by atoms with Crippen molar-refractivity contribution in [2.45, 2.75) is 26.1 Å². The summed E-state index contributed by atoms with van der Waals surface area (Å²) < 4.78 is 46.8. The van der Waals surface area contributed by atoms with E-state index in [1.807, 2.05) is 35.8 Å². The van der Waals surface area contributed by atoms with Crippen molar-refractivity contribution in [3.05, 3.63) is 94.2 Å². The first-order chi connectivity index (χ1) is 14.8. The molecule has 158 valence electrons. The number of benzene rings is 2. The average Bonchev–Trinajstić information content (AvgIpc) is 2.74. The lowest BCUT2D eigenvalue weighted by Crippen LogP contribution is -2.13. The second-order valence-electron chi connectivity index (χ2n) is 7.11. The van der Waals surface area contributed by atoms with Gasteiger partial charge in [-0.2, -0.15) is 18.2 Å². The summed E-state index contributed by atoms with van der Waals surface area (Å²) in [6.07, 6.45) is -1.18.